The molecule has 1 N–H and O–H groups in total. The van der Waals surface area contributed by atoms with E-state index >= 15 is 0 Å². The molecule has 0 aliphatic carbocycles. The van der Waals surface area contributed by atoms with Crippen LogP contribution in [0.15, 0.2) is 65.1 Å². The van der Waals surface area contributed by atoms with Gasteiger partial charge in [0.15, 0.2) is 5.13 Å². The van der Waals surface area contributed by atoms with E-state index < -0.39 is 0 Å². The van der Waals surface area contributed by atoms with Crippen LogP contribution in [0.2, 0.25) is 0 Å². The quantitative estimate of drug-likeness (QED) is 0.487. The van der Waals surface area contributed by atoms with Gasteiger partial charge in [-0.2, -0.15) is 5.10 Å². The molecule has 2 heterocycles. The Kier molecular flexibility index (Phi) is 7.47. The Bertz CT molecular complexity index is 1130. The molecule has 0 radical (unpaired) electrons. The van der Waals surface area contributed by atoms with Crippen molar-refractivity contribution in [2.75, 3.05) is 18.5 Å². The molecule has 1 aromatic heterocycles. The first-order valence-electron chi connectivity index (χ1n) is 11.0. The summed E-state index contributed by atoms with van der Waals surface area (Å²) in [5.41, 5.74) is 3.65. The second-order valence-corrected chi connectivity index (χ2v) is 8.50. The van der Waals surface area contributed by atoms with E-state index in [9.17, 15) is 9.59 Å². The zero-order valence-corrected chi connectivity index (χ0v) is 19.3. The Morgan fingerprint density at radius 2 is 1.85 bits per heavy atom. The molecule has 0 bridgehead atoms. The summed E-state index contributed by atoms with van der Waals surface area (Å²) in [6.07, 6.45) is 1.87. The summed E-state index contributed by atoms with van der Waals surface area (Å²) in [5.74, 6) is 0.438. The molecule has 0 fully saturated rings. The van der Waals surface area contributed by atoms with Crippen LogP contribution in [0.5, 0.6) is 5.75 Å². The van der Waals surface area contributed by atoms with Crippen LogP contribution in [-0.2, 0) is 9.59 Å². The lowest BCUT2D eigenvalue weighted by Gasteiger charge is -2.10. The zero-order chi connectivity index (χ0) is 23.0. The number of thiazole rings is 1. The number of hydrogen-bond acceptors (Lipinski definition) is 6. The molecular weight excluding hydrogens is 436 g/mol. The van der Waals surface area contributed by atoms with Gasteiger partial charge in [0.25, 0.3) is 0 Å². The Morgan fingerprint density at radius 1 is 1.06 bits per heavy atom. The highest BCUT2D eigenvalue weighted by Crippen LogP contribution is 2.27. The largest absolute Gasteiger partial charge is 0.494 e. The second kappa shape index (κ2) is 10.9. The normalized spacial score (nSPS) is 13.0. The predicted molar refractivity (Wildman–Crippen MR) is 131 cm³/mol. The Morgan fingerprint density at radius 3 is 2.61 bits per heavy atom. The van der Waals surface area contributed by atoms with Crippen molar-refractivity contribution in [3.8, 4) is 17.0 Å². The van der Waals surface area contributed by atoms with Gasteiger partial charge in [-0.1, -0.05) is 37.3 Å². The van der Waals surface area contributed by atoms with Crippen molar-refractivity contribution in [2.45, 2.75) is 32.6 Å². The third-order valence-corrected chi connectivity index (χ3v) is 5.89. The summed E-state index contributed by atoms with van der Waals surface area (Å²) in [5, 5.41) is 11.1. The number of benzene rings is 2. The van der Waals surface area contributed by atoms with Crippen LogP contribution in [0.1, 0.15) is 38.2 Å². The smallest absolute Gasteiger partial charge is 0.243 e. The molecular formula is C25H26N4O3S. The zero-order valence-electron chi connectivity index (χ0n) is 18.5. The summed E-state index contributed by atoms with van der Waals surface area (Å²) < 4.78 is 5.60. The number of aromatic nitrogens is 1. The van der Waals surface area contributed by atoms with E-state index in [1.807, 2.05) is 60.0 Å². The Labute approximate surface area is 197 Å². The molecule has 0 atom stereocenters. The van der Waals surface area contributed by atoms with Crippen molar-refractivity contribution in [1.29, 1.82) is 0 Å². The van der Waals surface area contributed by atoms with Crippen molar-refractivity contribution < 1.29 is 14.3 Å². The maximum absolute atomic E-state index is 12.5. The third kappa shape index (κ3) is 6.04. The molecule has 4 rings (SSSR count). The standard InChI is InChI=1S/C25H26N4O3S/c1-2-16-32-20-10-8-19(9-11-20)22-17-33-25(26-22)27-23(30)12-13-24(31)29-15-14-21(28-29)18-6-4-3-5-7-18/h3-11,17H,2,12-16H2,1H3,(H,26,27,30). The number of carbonyl (C=O) groups is 2. The van der Waals surface area contributed by atoms with Gasteiger partial charge in [0.1, 0.15) is 5.75 Å². The molecule has 7 nitrogen and oxygen atoms in total. The van der Waals surface area contributed by atoms with E-state index in [2.05, 4.69) is 22.3 Å². The first kappa shape index (κ1) is 22.7. The van der Waals surface area contributed by atoms with Gasteiger partial charge in [0.05, 0.1) is 24.6 Å². The Balaban J connectivity index is 1.26. The SMILES string of the molecule is CCCOc1ccc(-c2csc(NC(=O)CCC(=O)N3CCC(c4ccccc4)=N3)n2)cc1. The molecule has 170 valence electrons. The minimum Gasteiger partial charge on any atom is -0.494 e. The number of nitrogens with zero attached hydrogens (tertiary/aromatic N) is 3. The molecule has 8 heteroatoms. The van der Waals surface area contributed by atoms with Gasteiger partial charge in [0.2, 0.25) is 11.8 Å². The molecule has 2 aromatic carbocycles. The van der Waals surface area contributed by atoms with E-state index in [0.29, 0.717) is 18.3 Å². The van der Waals surface area contributed by atoms with Crippen molar-refractivity contribution in [1.82, 2.24) is 9.99 Å². The fourth-order valence-corrected chi connectivity index (χ4v) is 4.14. The molecule has 0 unspecified atom stereocenters. The van der Waals surface area contributed by atoms with Crippen molar-refractivity contribution in [2.24, 2.45) is 5.10 Å². The Hall–Kier alpha value is -3.52. The lowest BCUT2D eigenvalue weighted by molar-refractivity contribution is -0.132. The fourth-order valence-electron chi connectivity index (χ4n) is 3.41. The highest BCUT2D eigenvalue weighted by Gasteiger charge is 2.22. The highest BCUT2D eigenvalue weighted by molar-refractivity contribution is 7.14. The van der Waals surface area contributed by atoms with Crippen LogP contribution in [0.4, 0.5) is 5.13 Å². The number of hydrogen-bond donors (Lipinski definition) is 1. The molecule has 0 spiro atoms. The van der Waals surface area contributed by atoms with Crippen LogP contribution in [0, 0.1) is 0 Å². The number of anilines is 1. The molecule has 0 saturated heterocycles. The summed E-state index contributed by atoms with van der Waals surface area (Å²) in [7, 11) is 0. The molecule has 1 aliphatic rings. The van der Waals surface area contributed by atoms with Gasteiger partial charge in [-0.05, 0) is 36.2 Å². The second-order valence-electron chi connectivity index (χ2n) is 7.64. The molecule has 1 aliphatic heterocycles. The van der Waals surface area contributed by atoms with E-state index in [4.69, 9.17) is 4.74 Å². The lowest BCUT2D eigenvalue weighted by Crippen LogP contribution is -2.24. The number of hydrazone groups is 1. The number of nitrogens with one attached hydrogen (secondary N) is 1. The van der Waals surface area contributed by atoms with Gasteiger partial charge in [-0.15, -0.1) is 11.3 Å². The van der Waals surface area contributed by atoms with Crippen LogP contribution in [0.3, 0.4) is 0 Å². The van der Waals surface area contributed by atoms with Crippen LogP contribution >= 0.6 is 11.3 Å². The molecule has 33 heavy (non-hydrogen) atoms. The minimum atomic E-state index is -0.237. The number of ether oxygens (including phenoxy) is 1. The first-order chi connectivity index (χ1) is 16.1. The first-order valence-corrected chi connectivity index (χ1v) is 11.9. The van der Waals surface area contributed by atoms with Crippen LogP contribution in [0.25, 0.3) is 11.3 Å². The summed E-state index contributed by atoms with van der Waals surface area (Å²) in [6, 6.07) is 17.5. The van der Waals surface area contributed by atoms with Gasteiger partial charge in [-0.3, -0.25) is 9.59 Å². The average molecular weight is 463 g/mol. The van der Waals surface area contributed by atoms with E-state index in [0.717, 1.165) is 41.1 Å². The third-order valence-electron chi connectivity index (χ3n) is 5.14. The van der Waals surface area contributed by atoms with E-state index in [1.165, 1.54) is 16.3 Å². The summed E-state index contributed by atoms with van der Waals surface area (Å²) in [6.45, 7) is 3.30. The van der Waals surface area contributed by atoms with Gasteiger partial charge < -0.3 is 10.1 Å². The predicted octanol–water partition coefficient (Wildman–Crippen LogP) is 4.95. The van der Waals surface area contributed by atoms with Crippen molar-refractivity contribution in [3.63, 3.8) is 0 Å². The lowest BCUT2D eigenvalue weighted by atomic mass is 10.1. The minimum absolute atomic E-state index is 0.0872. The van der Waals surface area contributed by atoms with Gasteiger partial charge >= 0.3 is 0 Å². The van der Waals surface area contributed by atoms with Crippen molar-refractivity contribution in [3.05, 3.63) is 65.5 Å². The molecule has 3 aromatic rings. The van der Waals surface area contributed by atoms with Gasteiger partial charge in [0, 0.05) is 30.2 Å². The highest BCUT2D eigenvalue weighted by atomic mass is 32.1. The monoisotopic (exact) mass is 462 g/mol. The molecule has 0 saturated carbocycles. The topological polar surface area (TPSA) is 83.9 Å². The number of amides is 2. The number of rotatable bonds is 9. The maximum atomic E-state index is 12.5. The molecule has 2 amide bonds. The summed E-state index contributed by atoms with van der Waals surface area (Å²) >= 11 is 1.36. The van der Waals surface area contributed by atoms with Crippen LogP contribution < -0.4 is 10.1 Å². The number of carbonyl (C=O) groups excluding carboxylic acids is 2. The maximum Gasteiger partial charge on any atom is 0.243 e. The average Bonchev–Trinajstić information content (AvgIpc) is 3.52. The van der Waals surface area contributed by atoms with Crippen molar-refractivity contribution >= 4 is 34.0 Å². The van der Waals surface area contributed by atoms with Gasteiger partial charge in [-0.25, -0.2) is 9.99 Å². The fraction of sp³-hybridized carbons (Fsp3) is 0.280. The summed E-state index contributed by atoms with van der Waals surface area (Å²) in [4.78, 5) is 29.3. The van der Waals surface area contributed by atoms with E-state index in [1.54, 1.807) is 0 Å². The van der Waals surface area contributed by atoms with E-state index in [-0.39, 0.29) is 24.7 Å². The van der Waals surface area contributed by atoms with Crippen LogP contribution in [-0.4, -0.2) is 40.7 Å².